The molecule has 0 aliphatic carbocycles. The van der Waals surface area contributed by atoms with Crippen molar-refractivity contribution in [3.05, 3.63) is 41.0 Å². The number of hydrogen-bond acceptors (Lipinski definition) is 3. The zero-order chi connectivity index (χ0) is 13.8. The second-order valence-corrected chi connectivity index (χ2v) is 4.34. The Kier molecular flexibility index (Phi) is 3.79. The van der Waals surface area contributed by atoms with Crippen molar-refractivity contribution in [1.82, 2.24) is 25.3 Å². The van der Waals surface area contributed by atoms with Gasteiger partial charge in [-0.25, -0.2) is 0 Å². The zero-order valence-electron chi connectivity index (χ0n) is 11.3. The normalized spacial score (nSPS) is 11.1. The lowest BCUT2D eigenvalue weighted by molar-refractivity contribution is -0.116. The number of carbonyl (C=O) groups excluding carboxylic acids is 1. The summed E-state index contributed by atoms with van der Waals surface area (Å²) in [4.78, 5) is 11.7. The van der Waals surface area contributed by atoms with Gasteiger partial charge in [0, 0.05) is 30.6 Å². The number of amides is 1. The van der Waals surface area contributed by atoms with Crippen LogP contribution in [0.25, 0.3) is 6.08 Å². The molecule has 0 radical (unpaired) electrons. The lowest BCUT2D eigenvalue weighted by atomic mass is 10.2. The molecule has 0 saturated heterocycles. The van der Waals surface area contributed by atoms with Gasteiger partial charge in [-0.05, 0) is 26.0 Å². The maximum atomic E-state index is 11.7. The van der Waals surface area contributed by atoms with Crippen molar-refractivity contribution in [2.45, 2.75) is 20.4 Å². The molecule has 2 rings (SSSR count). The van der Waals surface area contributed by atoms with Gasteiger partial charge in [-0.1, -0.05) is 0 Å². The van der Waals surface area contributed by atoms with Gasteiger partial charge in [0.2, 0.25) is 5.91 Å². The maximum absolute atomic E-state index is 11.7. The minimum Gasteiger partial charge on any atom is -0.347 e. The first-order valence-corrected chi connectivity index (χ1v) is 6.02. The summed E-state index contributed by atoms with van der Waals surface area (Å²) in [7, 11) is 1.89. The molecule has 0 fully saturated rings. The van der Waals surface area contributed by atoms with Crippen molar-refractivity contribution >= 4 is 12.0 Å². The van der Waals surface area contributed by atoms with E-state index in [1.54, 1.807) is 17.0 Å². The van der Waals surface area contributed by atoms with Crippen molar-refractivity contribution in [3.63, 3.8) is 0 Å². The quantitative estimate of drug-likeness (QED) is 0.807. The molecule has 1 amide bonds. The summed E-state index contributed by atoms with van der Waals surface area (Å²) in [5.41, 5.74) is 3.81. The van der Waals surface area contributed by atoms with Crippen LogP contribution in [0, 0.1) is 13.8 Å². The van der Waals surface area contributed by atoms with E-state index in [2.05, 4.69) is 20.6 Å². The highest BCUT2D eigenvalue weighted by molar-refractivity contribution is 5.91. The fourth-order valence-corrected chi connectivity index (χ4v) is 1.81. The Bertz CT molecular complexity index is 595. The molecule has 0 aromatic carbocycles. The van der Waals surface area contributed by atoms with Crippen molar-refractivity contribution in [1.29, 1.82) is 0 Å². The summed E-state index contributed by atoms with van der Waals surface area (Å²) in [5, 5.41) is 13.7. The van der Waals surface area contributed by atoms with E-state index < -0.39 is 0 Å². The Morgan fingerprint density at radius 2 is 2.32 bits per heavy atom. The van der Waals surface area contributed by atoms with E-state index in [0.717, 1.165) is 22.6 Å². The number of hydrogen-bond donors (Lipinski definition) is 2. The minimum absolute atomic E-state index is 0.141. The number of aryl methyl sites for hydroxylation is 2. The molecule has 0 bridgehead atoms. The van der Waals surface area contributed by atoms with Crippen LogP contribution in [0.1, 0.15) is 22.6 Å². The predicted octanol–water partition coefficient (Wildman–Crippen LogP) is 1.09. The zero-order valence-corrected chi connectivity index (χ0v) is 11.3. The molecule has 2 aromatic rings. The monoisotopic (exact) mass is 259 g/mol. The highest BCUT2D eigenvalue weighted by atomic mass is 16.1. The largest absolute Gasteiger partial charge is 0.347 e. The highest BCUT2D eigenvalue weighted by Crippen LogP contribution is 2.13. The maximum Gasteiger partial charge on any atom is 0.244 e. The van der Waals surface area contributed by atoms with Crippen LogP contribution >= 0.6 is 0 Å². The van der Waals surface area contributed by atoms with Crippen LogP contribution in [0.3, 0.4) is 0 Å². The van der Waals surface area contributed by atoms with E-state index in [1.807, 2.05) is 27.0 Å². The Morgan fingerprint density at radius 3 is 2.89 bits per heavy atom. The number of H-pyrrole nitrogens is 1. The molecule has 0 spiro atoms. The molecule has 6 nitrogen and oxygen atoms in total. The van der Waals surface area contributed by atoms with Crippen LogP contribution in [0.5, 0.6) is 0 Å². The smallest absolute Gasteiger partial charge is 0.244 e. The van der Waals surface area contributed by atoms with Crippen LogP contribution in [0.2, 0.25) is 0 Å². The van der Waals surface area contributed by atoms with E-state index in [-0.39, 0.29) is 5.91 Å². The Morgan fingerprint density at radius 1 is 1.53 bits per heavy atom. The van der Waals surface area contributed by atoms with Gasteiger partial charge in [0.05, 0.1) is 17.9 Å². The molecule has 2 heterocycles. The number of aromatic nitrogens is 4. The van der Waals surface area contributed by atoms with Crippen molar-refractivity contribution in [2.75, 3.05) is 0 Å². The topological polar surface area (TPSA) is 75.6 Å². The van der Waals surface area contributed by atoms with Crippen LogP contribution in [0.4, 0.5) is 0 Å². The standard InChI is InChI=1S/C13H17N5O/c1-9-12(10(2)18(3)17-9)4-5-13(19)14-8-11-6-7-15-16-11/h4-7H,8H2,1-3H3,(H,14,19)(H,15,16). The molecule has 2 N–H and O–H groups in total. The number of rotatable bonds is 4. The second-order valence-electron chi connectivity index (χ2n) is 4.34. The first kappa shape index (κ1) is 13.1. The van der Waals surface area contributed by atoms with Gasteiger partial charge in [0.1, 0.15) is 0 Å². The predicted molar refractivity (Wildman–Crippen MR) is 72.2 cm³/mol. The fraction of sp³-hybridized carbons (Fsp3) is 0.308. The van der Waals surface area contributed by atoms with Crippen LogP contribution < -0.4 is 5.32 Å². The molecule has 0 atom stereocenters. The first-order chi connectivity index (χ1) is 9.08. The fourth-order valence-electron chi connectivity index (χ4n) is 1.81. The second kappa shape index (κ2) is 5.51. The van der Waals surface area contributed by atoms with E-state index in [4.69, 9.17) is 0 Å². The van der Waals surface area contributed by atoms with E-state index >= 15 is 0 Å². The number of nitrogens with one attached hydrogen (secondary N) is 2. The summed E-state index contributed by atoms with van der Waals surface area (Å²) in [6.07, 6.45) is 4.97. The molecule has 0 aliphatic rings. The van der Waals surface area contributed by atoms with Gasteiger partial charge < -0.3 is 5.32 Å². The third kappa shape index (κ3) is 3.09. The van der Waals surface area contributed by atoms with E-state index in [0.29, 0.717) is 6.54 Å². The van der Waals surface area contributed by atoms with E-state index in [1.165, 1.54) is 6.08 Å². The van der Waals surface area contributed by atoms with Gasteiger partial charge in [-0.2, -0.15) is 10.2 Å². The summed E-state index contributed by atoms with van der Waals surface area (Å²) in [6.45, 7) is 4.34. The van der Waals surface area contributed by atoms with Crippen LogP contribution in [-0.2, 0) is 18.4 Å². The van der Waals surface area contributed by atoms with Gasteiger partial charge in [0.15, 0.2) is 0 Å². The Hall–Kier alpha value is -2.37. The lowest BCUT2D eigenvalue weighted by Gasteiger charge is -1.99. The van der Waals surface area contributed by atoms with Gasteiger partial charge in [0.25, 0.3) is 0 Å². The summed E-state index contributed by atoms with van der Waals surface area (Å²) < 4.78 is 1.80. The first-order valence-electron chi connectivity index (χ1n) is 6.02. The van der Waals surface area contributed by atoms with Crippen LogP contribution in [-0.4, -0.2) is 25.9 Å². The van der Waals surface area contributed by atoms with Gasteiger partial charge >= 0.3 is 0 Å². The molecule has 2 aromatic heterocycles. The van der Waals surface area contributed by atoms with Crippen molar-refractivity contribution in [2.24, 2.45) is 7.05 Å². The molecule has 19 heavy (non-hydrogen) atoms. The highest BCUT2D eigenvalue weighted by Gasteiger charge is 2.06. The minimum atomic E-state index is -0.141. The lowest BCUT2D eigenvalue weighted by Crippen LogP contribution is -2.20. The average molecular weight is 259 g/mol. The third-order valence-electron chi connectivity index (χ3n) is 2.98. The number of aromatic amines is 1. The van der Waals surface area contributed by atoms with Crippen molar-refractivity contribution in [3.8, 4) is 0 Å². The molecular formula is C13H17N5O. The molecular weight excluding hydrogens is 242 g/mol. The van der Waals surface area contributed by atoms with E-state index in [9.17, 15) is 4.79 Å². The Labute approximate surface area is 111 Å². The summed E-state index contributed by atoms with van der Waals surface area (Å²) >= 11 is 0. The number of carbonyl (C=O) groups is 1. The molecule has 100 valence electrons. The SMILES string of the molecule is Cc1nn(C)c(C)c1C=CC(=O)NCc1ccn[nH]1. The summed E-state index contributed by atoms with van der Waals surface area (Å²) in [5.74, 6) is -0.141. The molecule has 0 unspecified atom stereocenters. The average Bonchev–Trinajstić information content (AvgIpc) is 2.96. The Balaban J connectivity index is 1.96. The number of nitrogens with zero attached hydrogens (tertiary/aromatic N) is 3. The van der Waals surface area contributed by atoms with Crippen molar-refractivity contribution < 1.29 is 4.79 Å². The van der Waals surface area contributed by atoms with Gasteiger partial charge in [-0.3, -0.25) is 14.6 Å². The molecule has 0 saturated carbocycles. The summed E-state index contributed by atoms with van der Waals surface area (Å²) in [6, 6.07) is 1.82. The third-order valence-corrected chi connectivity index (χ3v) is 2.98. The van der Waals surface area contributed by atoms with Crippen LogP contribution in [0.15, 0.2) is 18.3 Å². The molecule has 0 aliphatic heterocycles. The molecule has 6 heteroatoms. The van der Waals surface area contributed by atoms with Gasteiger partial charge in [-0.15, -0.1) is 0 Å².